The molecular weight excluding hydrogens is 378 g/mol. The van der Waals surface area contributed by atoms with E-state index in [1.165, 1.54) is 17.7 Å². The van der Waals surface area contributed by atoms with Crippen molar-refractivity contribution in [1.29, 1.82) is 0 Å². The number of hydrogen-bond acceptors (Lipinski definition) is 5. The molecular formula is C21H18F2N4O2. The second kappa shape index (κ2) is 8.22. The molecule has 4 rings (SSSR count). The lowest BCUT2D eigenvalue weighted by Crippen LogP contribution is -2.09. The average Bonchev–Trinajstić information content (AvgIpc) is 3.17. The molecule has 6 nitrogen and oxygen atoms in total. The first kappa shape index (κ1) is 18.8. The summed E-state index contributed by atoms with van der Waals surface area (Å²) in [6, 6.07) is 16.3. The zero-order valence-corrected chi connectivity index (χ0v) is 15.6. The maximum Gasteiger partial charge on any atom is 0.387 e. The number of rotatable bonds is 7. The van der Waals surface area contributed by atoms with E-state index in [9.17, 15) is 8.78 Å². The van der Waals surface area contributed by atoms with Crippen molar-refractivity contribution in [2.24, 2.45) is 0 Å². The highest BCUT2D eigenvalue weighted by Crippen LogP contribution is 2.26. The van der Waals surface area contributed by atoms with E-state index in [0.29, 0.717) is 29.5 Å². The quantitative estimate of drug-likeness (QED) is 0.458. The molecule has 0 aliphatic heterocycles. The van der Waals surface area contributed by atoms with Gasteiger partial charge < -0.3 is 9.47 Å². The minimum absolute atomic E-state index is 0.0763. The number of hydrogen-bond donors (Lipinski definition) is 0. The number of benzene rings is 2. The zero-order valence-electron chi connectivity index (χ0n) is 15.6. The van der Waals surface area contributed by atoms with Crippen molar-refractivity contribution in [3.05, 3.63) is 72.6 Å². The Morgan fingerprint density at radius 3 is 2.45 bits per heavy atom. The lowest BCUT2D eigenvalue weighted by molar-refractivity contribution is -0.0498. The van der Waals surface area contributed by atoms with Gasteiger partial charge in [-0.15, -0.1) is 10.2 Å². The number of aromatic nitrogens is 4. The standard InChI is InChI=1S/C21H18F2N4O2/c1-14(15-5-3-2-4-6-15)13-28-19-12-24-11-18-25-26-20(27(18)19)16-7-9-17(10-8-16)29-21(22)23/h2-12,14,21H,13H2,1H3. The molecule has 2 aromatic heterocycles. The van der Waals surface area contributed by atoms with Gasteiger partial charge in [-0.1, -0.05) is 37.3 Å². The van der Waals surface area contributed by atoms with E-state index in [-0.39, 0.29) is 11.7 Å². The van der Waals surface area contributed by atoms with E-state index in [2.05, 4.69) is 39.0 Å². The van der Waals surface area contributed by atoms with Crippen LogP contribution in [0.5, 0.6) is 11.6 Å². The summed E-state index contributed by atoms with van der Waals surface area (Å²) < 4.78 is 36.9. The molecule has 4 aromatic rings. The molecule has 0 saturated heterocycles. The molecule has 8 heteroatoms. The Morgan fingerprint density at radius 1 is 0.966 bits per heavy atom. The summed E-state index contributed by atoms with van der Waals surface area (Å²) in [7, 11) is 0. The number of alkyl halides is 2. The van der Waals surface area contributed by atoms with Crippen molar-refractivity contribution in [2.75, 3.05) is 6.61 Å². The summed E-state index contributed by atoms with van der Waals surface area (Å²) in [5, 5.41) is 8.34. The second-order valence-corrected chi connectivity index (χ2v) is 6.49. The van der Waals surface area contributed by atoms with Crippen molar-refractivity contribution < 1.29 is 18.3 Å². The number of nitrogens with zero attached hydrogens (tertiary/aromatic N) is 4. The summed E-state index contributed by atoms with van der Waals surface area (Å²) in [5.41, 5.74) is 2.38. The maximum atomic E-state index is 12.4. The van der Waals surface area contributed by atoms with Crippen molar-refractivity contribution in [3.63, 3.8) is 0 Å². The minimum Gasteiger partial charge on any atom is -0.477 e. The van der Waals surface area contributed by atoms with E-state index >= 15 is 0 Å². The van der Waals surface area contributed by atoms with Crippen LogP contribution in [-0.2, 0) is 0 Å². The molecule has 0 aliphatic carbocycles. The third-order valence-corrected chi connectivity index (χ3v) is 4.47. The first-order valence-electron chi connectivity index (χ1n) is 9.04. The van der Waals surface area contributed by atoms with Gasteiger partial charge in [0.05, 0.1) is 19.0 Å². The molecule has 2 aromatic carbocycles. The van der Waals surface area contributed by atoms with Crippen LogP contribution >= 0.6 is 0 Å². The largest absolute Gasteiger partial charge is 0.477 e. The van der Waals surface area contributed by atoms with E-state index in [1.54, 1.807) is 28.9 Å². The predicted molar refractivity (Wildman–Crippen MR) is 103 cm³/mol. The average molecular weight is 396 g/mol. The molecule has 0 N–H and O–H groups in total. The van der Waals surface area contributed by atoms with Crippen molar-refractivity contribution in [1.82, 2.24) is 19.6 Å². The van der Waals surface area contributed by atoms with Crippen molar-refractivity contribution in [3.8, 4) is 23.0 Å². The van der Waals surface area contributed by atoms with Gasteiger partial charge in [-0.2, -0.15) is 8.78 Å². The highest BCUT2D eigenvalue weighted by molar-refractivity contribution is 5.61. The fourth-order valence-corrected chi connectivity index (χ4v) is 2.99. The van der Waals surface area contributed by atoms with Gasteiger partial charge in [-0.25, -0.2) is 4.40 Å². The fraction of sp³-hybridized carbons (Fsp3) is 0.190. The van der Waals surface area contributed by atoms with Crippen LogP contribution in [0.15, 0.2) is 67.0 Å². The normalized spacial score (nSPS) is 12.3. The number of ether oxygens (including phenoxy) is 2. The number of fused-ring (bicyclic) bond motifs is 1. The van der Waals surface area contributed by atoms with Crippen LogP contribution in [0, 0.1) is 0 Å². The molecule has 0 radical (unpaired) electrons. The van der Waals surface area contributed by atoms with Crippen molar-refractivity contribution in [2.45, 2.75) is 19.5 Å². The Balaban J connectivity index is 1.60. The van der Waals surface area contributed by atoms with Gasteiger partial charge in [0, 0.05) is 11.5 Å². The molecule has 29 heavy (non-hydrogen) atoms. The SMILES string of the molecule is CC(COc1cncc2nnc(-c3ccc(OC(F)F)cc3)n12)c1ccccc1. The maximum absolute atomic E-state index is 12.4. The van der Waals surface area contributed by atoms with Crippen LogP contribution in [0.4, 0.5) is 8.78 Å². The van der Waals surface area contributed by atoms with Crippen LogP contribution in [0.3, 0.4) is 0 Å². The minimum atomic E-state index is -2.87. The van der Waals surface area contributed by atoms with E-state index < -0.39 is 6.61 Å². The predicted octanol–water partition coefficient (Wildman–Crippen LogP) is 4.58. The molecule has 0 saturated carbocycles. The molecule has 0 aliphatic rings. The van der Waals surface area contributed by atoms with Gasteiger partial charge in [0.15, 0.2) is 11.5 Å². The topological polar surface area (TPSA) is 61.5 Å². The summed E-state index contributed by atoms with van der Waals surface area (Å²) in [6.07, 6.45) is 3.18. The second-order valence-electron chi connectivity index (χ2n) is 6.49. The Kier molecular flexibility index (Phi) is 5.33. The smallest absolute Gasteiger partial charge is 0.387 e. The highest BCUT2D eigenvalue weighted by atomic mass is 19.3. The van der Waals surface area contributed by atoms with Crippen LogP contribution in [0.2, 0.25) is 0 Å². The third kappa shape index (κ3) is 4.16. The van der Waals surface area contributed by atoms with Gasteiger partial charge >= 0.3 is 6.61 Å². The zero-order chi connectivity index (χ0) is 20.2. The lowest BCUT2D eigenvalue weighted by Gasteiger charge is -2.14. The Morgan fingerprint density at radius 2 is 1.72 bits per heavy atom. The Labute approximate surface area is 165 Å². The molecule has 0 fully saturated rings. The molecule has 148 valence electrons. The Hall–Kier alpha value is -3.55. The van der Waals surface area contributed by atoms with Gasteiger partial charge in [-0.05, 0) is 29.8 Å². The molecule has 1 atom stereocenters. The first-order chi connectivity index (χ1) is 14.1. The monoisotopic (exact) mass is 396 g/mol. The van der Waals surface area contributed by atoms with Crippen LogP contribution in [-0.4, -0.2) is 32.8 Å². The van der Waals surface area contributed by atoms with Crippen LogP contribution in [0.1, 0.15) is 18.4 Å². The van der Waals surface area contributed by atoms with E-state index in [4.69, 9.17) is 4.74 Å². The number of halogens is 2. The molecule has 0 spiro atoms. The van der Waals surface area contributed by atoms with Crippen LogP contribution < -0.4 is 9.47 Å². The molecule has 2 heterocycles. The molecule has 0 bridgehead atoms. The van der Waals surface area contributed by atoms with Gasteiger partial charge in [-0.3, -0.25) is 4.98 Å². The lowest BCUT2D eigenvalue weighted by atomic mass is 10.0. The highest BCUT2D eigenvalue weighted by Gasteiger charge is 2.15. The van der Waals surface area contributed by atoms with Gasteiger partial charge in [0.1, 0.15) is 5.75 Å². The summed E-state index contributed by atoms with van der Waals surface area (Å²) >= 11 is 0. The van der Waals surface area contributed by atoms with Gasteiger partial charge in [0.25, 0.3) is 0 Å². The van der Waals surface area contributed by atoms with Crippen LogP contribution in [0.25, 0.3) is 17.0 Å². The fourth-order valence-electron chi connectivity index (χ4n) is 2.99. The van der Waals surface area contributed by atoms with Crippen molar-refractivity contribution >= 4 is 5.65 Å². The molecule has 0 amide bonds. The summed E-state index contributed by atoms with van der Waals surface area (Å²) in [4.78, 5) is 4.17. The third-order valence-electron chi connectivity index (χ3n) is 4.47. The first-order valence-corrected chi connectivity index (χ1v) is 9.04. The Bertz CT molecular complexity index is 1090. The summed E-state index contributed by atoms with van der Waals surface area (Å²) in [6.45, 7) is -0.339. The molecule has 1 unspecified atom stereocenters. The summed E-state index contributed by atoms with van der Waals surface area (Å²) in [5.74, 6) is 1.27. The van der Waals surface area contributed by atoms with Gasteiger partial charge in [0.2, 0.25) is 5.88 Å². The van der Waals surface area contributed by atoms with E-state index in [0.717, 1.165) is 0 Å². The van der Waals surface area contributed by atoms with E-state index in [1.807, 2.05) is 18.2 Å².